The van der Waals surface area contributed by atoms with E-state index in [0.29, 0.717) is 6.54 Å². The van der Waals surface area contributed by atoms with Gasteiger partial charge in [0, 0.05) is 28.6 Å². The Morgan fingerprint density at radius 3 is 2.94 bits per heavy atom. The van der Waals surface area contributed by atoms with Crippen LogP contribution in [0.15, 0.2) is 34.9 Å². The number of nitrogens with one attached hydrogen (secondary N) is 1. The predicted molar refractivity (Wildman–Crippen MR) is 68.6 cm³/mol. The minimum absolute atomic E-state index is 0.252. The third-order valence-electron chi connectivity index (χ3n) is 3.18. The number of aromatic amines is 1. The topological polar surface area (TPSA) is 55.0 Å². The standard InChI is InChI=1S/C14H13FN2O/c1-8-11(6-16)12(7-18-8)14-4-9-2-3-10(15)5-13(9)17-14/h2-5,7,17H,6,16H2,1H3. The maximum Gasteiger partial charge on any atom is 0.125 e. The van der Waals surface area contributed by atoms with Crippen molar-refractivity contribution >= 4 is 10.9 Å². The van der Waals surface area contributed by atoms with E-state index in [0.717, 1.165) is 33.5 Å². The third-order valence-corrected chi connectivity index (χ3v) is 3.18. The minimum Gasteiger partial charge on any atom is -0.469 e. The molecule has 1 aromatic carbocycles. The molecule has 3 rings (SSSR count). The van der Waals surface area contributed by atoms with Crippen LogP contribution in [0.2, 0.25) is 0 Å². The van der Waals surface area contributed by atoms with Crippen molar-refractivity contribution in [2.24, 2.45) is 5.73 Å². The van der Waals surface area contributed by atoms with Crippen LogP contribution in [0.4, 0.5) is 4.39 Å². The van der Waals surface area contributed by atoms with Gasteiger partial charge in [0.2, 0.25) is 0 Å². The average Bonchev–Trinajstić information content (AvgIpc) is 2.91. The summed E-state index contributed by atoms with van der Waals surface area (Å²) in [6.07, 6.45) is 1.68. The molecule has 0 spiro atoms. The molecule has 0 saturated carbocycles. The Morgan fingerprint density at radius 2 is 2.17 bits per heavy atom. The maximum atomic E-state index is 13.1. The van der Waals surface area contributed by atoms with Crippen molar-refractivity contribution in [3.63, 3.8) is 0 Å². The molecule has 0 bridgehead atoms. The highest BCUT2D eigenvalue weighted by Gasteiger charge is 2.13. The molecule has 3 aromatic rings. The van der Waals surface area contributed by atoms with E-state index in [1.807, 2.05) is 13.0 Å². The van der Waals surface area contributed by atoms with Gasteiger partial charge in [-0.25, -0.2) is 4.39 Å². The van der Waals surface area contributed by atoms with Crippen LogP contribution in [-0.2, 0) is 6.54 Å². The van der Waals surface area contributed by atoms with Crippen molar-refractivity contribution in [3.8, 4) is 11.3 Å². The highest BCUT2D eigenvalue weighted by molar-refractivity contribution is 5.86. The Kier molecular flexibility index (Phi) is 2.45. The minimum atomic E-state index is -0.252. The number of benzene rings is 1. The van der Waals surface area contributed by atoms with Crippen molar-refractivity contribution in [1.29, 1.82) is 0 Å². The predicted octanol–water partition coefficient (Wildman–Crippen LogP) is 3.33. The Balaban J connectivity index is 2.19. The fourth-order valence-electron chi connectivity index (χ4n) is 2.20. The first-order chi connectivity index (χ1) is 8.69. The van der Waals surface area contributed by atoms with Crippen LogP contribution in [-0.4, -0.2) is 4.98 Å². The van der Waals surface area contributed by atoms with Crippen molar-refractivity contribution in [1.82, 2.24) is 4.98 Å². The smallest absolute Gasteiger partial charge is 0.125 e. The van der Waals surface area contributed by atoms with Gasteiger partial charge in [0.05, 0.1) is 5.69 Å². The molecule has 4 heteroatoms. The van der Waals surface area contributed by atoms with Gasteiger partial charge >= 0.3 is 0 Å². The zero-order valence-corrected chi connectivity index (χ0v) is 9.96. The van der Waals surface area contributed by atoms with Crippen molar-refractivity contribution in [3.05, 3.63) is 47.7 Å². The molecule has 0 fully saturated rings. The summed E-state index contributed by atoms with van der Waals surface area (Å²) in [5.74, 6) is 0.565. The van der Waals surface area contributed by atoms with Crippen LogP contribution in [0.25, 0.3) is 22.2 Å². The summed E-state index contributed by atoms with van der Waals surface area (Å²) in [6, 6.07) is 6.65. The SMILES string of the molecule is Cc1occ(-c2cc3ccc(F)cc3[nH]2)c1CN. The second kappa shape index (κ2) is 3.99. The molecule has 2 heterocycles. The summed E-state index contributed by atoms with van der Waals surface area (Å²) < 4.78 is 18.5. The summed E-state index contributed by atoms with van der Waals surface area (Å²) in [5.41, 5.74) is 9.29. The summed E-state index contributed by atoms with van der Waals surface area (Å²) in [5, 5.41) is 0.966. The third kappa shape index (κ3) is 1.62. The largest absolute Gasteiger partial charge is 0.469 e. The second-order valence-corrected chi connectivity index (χ2v) is 4.30. The van der Waals surface area contributed by atoms with Crippen LogP contribution >= 0.6 is 0 Å². The molecule has 0 atom stereocenters. The first kappa shape index (κ1) is 11.0. The molecule has 18 heavy (non-hydrogen) atoms. The molecule has 92 valence electrons. The average molecular weight is 244 g/mol. The maximum absolute atomic E-state index is 13.1. The Hall–Kier alpha value is -2.07. The van der Waals surface area contributed by atoms with Gasteiger partial charge in [-0.3, -0.25) is 0 Å². The van der Waals surface area contributed by atoms with Crippen molar-refractivity contribution < 1.29 is 8.81 Å². The zero-order chi connectivity index (χ0) is 12.7. The lowest BCUT2D eigenvalue weighted by molar-refractivity contribution is 0.530. The molecule has 0 aliphatic carbocycles. The van der Waals surface area contributed by atoms with E-state index in [4.69, 9.17) is 10.2 Å². The monoisotopic (exact) mass is 244 g/mol. The molecule has 3 N–H and O–H groups in total. The molecule has 3 nitrogen and oxygen atoms in total. The molecule has 0 saturated heterocycles. The second-order valence-electron chi connectivity index (χ2n) is 4.30. The van der Waals surface area contributed by atoms with E-state index in [1.165, 1.54) is 12.1 Å². The normalized spacial score (nSPS) is 11.3. The number of aromatic nitrogens is 1. The Bertz CT molecular complexity index is 712. The molecule has 0 aliphatic heterocycles. The van der Waals surface area contributed by atoms with E-state index in [-0.39, 0.29) is 5.82 Å². The number of furan rings is 1. The number of H-pyrrole nitrogens is 1. The summed E-state index contributed by atoms with van der Waals surface area (Å²) >= 11 is 0. The molecular formula is C14H13FN2O. The number of hydrogen-bond donors (Lipinski definition) is 2. The van der Waals surface area contributed by atoms with Crippen LogP contribution in [0.5, 0.6) is 0 Å². The number of halogens is 1. The van der Waals surface area contributed by atoms with Crippen LogP contribution in [0.1, 0.15) is 11.3 Å². The van der Waals surface area contributed by atoms with Gasteiger partial charge in [-0.05, 0) is 31.2 Å². The van der Waals surface area contributed by atoms with Gasteiger partial charge in [-0.15, -0.1) is 0 Å². The molecule has 0 amide bonds. The van der Waals surface area contributed by atoms with Crippen LogP contribution in [0.3, 0.4) is 0 Å². The lowest BCUT2D eigenvalue weighted by atomic mass is 10.1. The summed E-state index contributed by atoms with van der Waals surface area (Å²) in [4.78, 5) is 3.19. The lowest BCUT2D eigenvalue weighted by Crippen LogP contribution is -1.98. The van der Waals surface area contributed by atoms with E-state index in [9.17, 15) is 4.39 Å². The molecule has 2 aromatic heterocycles. The van der Waals surface area contributed by atoms with Crippen LogP contribution < -0.4 is 5.73 Å². The highest BCUT2D eigenvalue weighted by Crippen LogP contribution is 2.30. The van der Waals surface area contributed by atoms with Gasteiger partial charge in [0.15, 0.2) is 0 Å². The van der Waals surface area contributed by atoms with E-state index in [1.54, 1.807) is 12.3 Å². The molecular weight excluding hydrogens is 231 g/mol. The molecule has 0 aliphatic rings. The van der Waals surface area contributed by atoms with Gasteiger partial charge in [-0.1, -0.05) is 0 Å². The molecule has 0 unspecified atom stereocenters. The number of rotatable bonds is 2. The summed E-state index contributed by atoms with van der Waals surface area (Å²) in [6.45, 7) is 2.30. The zero-order valence-electron chi connectivity index (χ0n) is 9.96. The first-order valence-corrected chi connectivity index (χ1v) is 5.74. The fourth-order valence-corrected chi connectivity index (χ4v) is 2.20. The highest BCUT2D eigenvalue weighted by atomic mass is 19.1. The van der Waals surface area contributed by atoms with Gasteiger partial charge in [0.1, 0.15) is 17.8 Å². The number of aryl methyl sites for hydroxylation is 1. The molecule has 0 radical (unpaired) electrons. The van der Waals surface area contributed by atoms with E-state index in [2.05, 4.69) is 4.98 Å². The van der Waals surface area contributed by atoms with Crippen molar-refractivity contribution in [2.75, 3.05) is 0 Å². The Labute approximate surface area is 103 Å². The van der Waals surface area contributed by atoms with Gasteiger partial charge in [-0.2, -0.15) is 0 Å². The van der Waals surface area contributed by atoms with Crippen LogP contribution in [0, 0.1) is 12.7 Å². The Morgan fingerprint density at radius 1 is 1.33 bits per heavy atom. The van der Waals surface area contributed by atoms with E-state index < -0.39 is 0 Å². The number of nitrogens with two attached hydrogens (primary N) is 1. The first-order valence-electron chi connectivity index (χ1n) is 5.74. The van der Waals surface area contributed by atoms with Crippen molar-refractivity contribution in [2.45, 2.75) is 13.5 Å². The van der Waals surface area contributed by atoms with Gasteiger partial charge in [0.25, 0.3) is 0 Å². The fraction of sp³-hybridized carbons (Fsp3) is 0.143. The number of fused-ring (bicyclic) bond motifs is 1. The van der Waals surface area contributed by atoms with E-state index >= 15 is 0 Å². The lowest BCUT2D eigenvalue weighted by Gasteiger charge is -1.97. The van der Waals surface area contributed by atoms with Gasteiger partial charge < -0.3 is 15.1 Å². The quantitative estimate of drug-likeness (QED) is 0.726. The summed E-state index contributed by atoms with van der Waals surface area (Å²) in [7, 11) is 0. The number of hydrogen-bond acceptors (Lipinski definition) is 2.